The first-order valence-electron chi connectivity index (χ1n) is 6.88. The maximum Gasteiger partial charge on any atom is 0.250 e. The Hall–Kier alpha value is -1.22. The lowest BCUT2D eigenvalue weighted by atomic mass is 10.3. The number of H-pyrrole nitrogens is 1. The first-order chi connectivity index (χ1) is 10.0. The van der Waals surface area contributed by atoms with E-state index in [1.54, 1.807) is 25.4 Å². The highest BCUT2D eigenvalue weighted by Gasteiger charge is 2.23. The predicted octanol–water partition coefficient (Wildman–Crippen LogP) is 1.76. The molecule has 114 valence electrons. The molecule has 1 aliphatic carbocycles. The summed E-state index contributed by atoms with van der Waals surface area (Å²) in [6, 6.07) is 3.75. The molecule has 0 spiro atoms. The molecule has 0 aliphatic heterocycles. The Labute approximate surface area is 128 Å². The standard InChI is InChI=1S/C13H18N4O2S2/c1-9(13-14-6-7-15-13)17-21(18,19)12-5-4-11(20-12)8-16-10-2-3-10/h4-7,9-10,16-17H,2-3,8H2,1H3,(H,14,15). The monoisotopic (exact) mass is 326 g/mol. The number of nitrogens with one attached hydrogen (secondary N) is 3. The second-order valence-electron chi connectivity index (χ2n) is 5.19. The predicted molar refractivity (Wildman–Crippen MR) is 81.5 cm³/mol. The Morgan fingerprint density at radius 2 is 2.29 bits per heavy atom. The van der Waals surface area contributed by atoms with Crippen LogP contribution in [0.4, 0.5) is 0 Å². The fourth-order valence-corrected chi connectivity index (χ4v) is 4.52. The minimum Gasteiger partial charge on any atom is -0.347 e. The molecule has 21 heavy (non-hydrogen) atoms. The van der Waals surface area contributed by atoms with E-state index in [0.29, 0.717) is 16.1 Å². The molecular formula is C13H18N4O2S2. The summed E-state index contributed by atoms with van der Waals surface area (Å²) < 4.78 is 27.7. The van der Waals surface area contributed by atoms with Gasteiger partial charge in [-0.15, -0.1) is 11.3 Å². The highest BCUT2D eigenvalue weighted by atomic mass is 32.2. The van der Waals surface area contributed by atoms with Gasteiger partial charge in [-0.2, -0.15) is 0 Å². The first kappa shape index (κ1) is 14.7. The fourth-order valence-electron chi connectivity index (χ4n) is 1.99. The summed E-state index contributed by atoms with van der Waals surface area (Å²) in [5, 5.41) is 3.38. The maximum atomic E-state index is 12.3. The highest BCUT2D eigenvalue weighted by Crippen LogP contribution is 2.25. The van der Waals surface area contributed by atoms with Gasteiger partial charge in [0.2, 0.25) is 0 Å². The van der Waals surface area contributed by atoms with Crippen molar-refractivity contribution >= 4 is 21.4 Å². The van der Waals surface area contributed by atoms with Gasteiger partial charge in [0.15, 0.2) is 0 Å². The van der Waals surface area contributed by atoms with Gasteiger partial charge in [-0.1, -0.05) is 0 Å². The van der Waals surface area contributed by atoms with E-state index in [0.717, 1.165) is 11.4 Å². The second-order valence-corrected chi connectivity index (χ2v) is 8.30. The molecule has 0 amide bonds. The number of nitrogens with zero attached hydrogens (tertiary/aromatic N) is 1. The normalized spacial score (nSPS) is 17.0. The molecular weight excluding hydrogens is 308 g/mol. The molecule has 1 atom stereocenters. The zero-order chi connectivity index (χ0) is 14.9. The van der Waals surface area contributed by atoms with E-state index in [-0.39, 0.29) is 6.04 Å². The molecule has 0 radical (unpaired) electrons. The third kappa shape index (κ3) is 3.70. The number of aromatic amines is 1. The largest absolute Gasteiger partial charge is 0.347 e. The minimum absolute atomic E-state index is 0.341. The number of hydrogen-bond donors (Lipinski definition) is 3. The van der Waals surface area contributed by atoms with Crippen LogP contribution in [0.5, 0.6) is 0 Å². The summed E-state index contributed by atoms with van der Waals surface area (Å²) in [5.41, 5.74) is 0. The van der Waals surface area contributed by atoms with Gasteiger partial charge in [-0.25, -0.2) is 18.1 Å². The van der Waals surface area contributed by atoms with Crippen molar-refractivity contribution in [2.75, 3.05) is 0 Å². The van der Waals surface area contributed by atoms with Crippen LogP contribution < -0.4 is 10.0 Å². The van der Waals surface area contributed by atoms with Gasteiger partial charge in [-0.05, 0) is 31.9 Å². The number of imidazole rings is 1. The van der Waals surface area contributed by atoms with Crippen molar-refractivity contribution in [2.45, 2.75) is 42.6 Å². The van der Waals surface area contributed by atoms with Crippen molar-refractivity contribution < 1.29 is 8.42 Å². The van der Waals surface area contributed by atoms with E-state index in [1.807, 2.05) is 6.07 Å². The van der Waals surface area contributed by atoms with E-state index < -0.39 is 10.0 Å². The quantitative estimate of drug-likeness (QED) is 0.723. The van der Waals surface area contributed by atoms with E-state index in [9.17, 15) is 8.42 Å². The van der Waals surface area contributed by atoms with Crippen LogP contribution in [0.1, 0.15) is 36.5 Å². The number of thiophene rings is 1. The topological polar surface area (TPSA) is 86.9 Å². The lowest BCUT2D eigenvalue weighted by molar-refractivity contribution is 0.563. The van der Waals surface area contributed by atoms with Crippen LogP contribution in [0.15, 0.2) is 28.7 Å². The summed E-state index contributed by atoms with van der Waals surface area (Å²) in [6.45, 7) is 2.50. The van der Waals surface area contributed by atoms with Crippen LogP contribution >= 0.6 is 11.3 Å². The first-order valence-corrected chi connectivity index (χ1v) is 9.18. The average molecular weight is 326 g/mol. The molecule has 0 bridgehead atoms. The summed E-state index contributed by atoms with van der Waals surface area (Å²) in [6.07, 6.45) is 5.72. The van der Waals surface area contributed by atoms with Crippen LogP contribution in [0.25, 0.3) is 0 Å². The molecule has 0 saturated heterocycles. The fraction of sp³-hybridized carbons (Fsp3) is 0.462. The molecule has 1 aliphatic rings. The minimum atomic E-state index is -3.51. The van der Waals surface area contributed by atoms with E-state index in [1.165, 1.54) is 24.2 Å². The molecule has 2 aromatic rings. The van der Waals surface area contributed by atoms with Crippen LogP contribution in [0, 0.1) is 0 Å². The van der Waals surface area contributed by atoms with Crippen molar-refractivity contribution in [2.24, 2.45) is 0 Å². The highest BCUT2D eigenvalue weighted by molar-refractivity contribution is 7.91. The Balaban J connectivity index is 1.66. The summed E-state index contributed by atoms with van der Waals surface area (Å²) in [7, 11) is -3.51. The van der Waals surface area contributed by atoms with Crippen molar-refractivity contribution in [3.8, 4) is 0 Å². The molecule has 3 rings (SSSR count). The molecule has 1 unspecified atom stereocenters. The van der Waals surface area contributed by atoms with Gasteiger partial charge in [-0.3, -0.25) is 0 Å². The van der Waals surface area contributed by atoms with E-state index in [2.05, 4.69) is 20.0 Å². The second kappa shape index (κ2) is 5.88. The van der Waals surface area contributed by atoms with Crippen LogP contribution in [0.2, 0.25) is 0 Å². The van der Waals surface area contributed by atoms with Crippen molar-refractivity contribution in [3.05, 3.63) is 35.2 Å². The third-order valence-electron chi connectivity index (χ3n) is 3.31. The van der Waals surface area contributed by atoms with E-state index in [4.69, 9.17) is 0 Å². The number of sulfonamides is 1. The SMILES string of the molecule is CC(NS(=O)(=O)c1ccc(CNC2CC2)s1)c1ncc[nH]1. The van der Waals surface area contributed by atoms with Gasteiger partial charge in [0.1, 0.15) is 10.0 Å². The Bertz CT molecular complexity index is 690. The molecule has 1 fully saturated rings. The molecule has 8 heteroatoms. The lowest BCUT2D eigenvalue weighted by Gasteiger charge is -2.10. The summed E-state index contributed by atoms with van der Waals surface area (Å²) in [4.78, 5) is 8.01. The Kier molecular flexibility index (Phi) is 4.12. The zero-order valence-electron chi connectivity index (χ0n) is 11.7. The number of rotatable bonds is 7. The van der Waals surface area contributed by atoms with Crippen LogP contribution in [-0.2, 0) is 16.6 Å². The third-order valence-corrected chi connectivity index (χ3v) is 6.42. The molecule has 2 aromatic heterocycles. The smallest absolute Gasteiger partial charge is 0.250 e. The van der Waals surface area contributed by atoms with Crippen LogP contribution in [-0.4, -0.2) is 24.4 Å². The van der Waals surface area contributed by atoms with Gasteiger partial charge >= 0.3 is 0 Å². The van der Waals surface area contributed by atoms with Gasteiger partial charge < -0.3 is 10.3 Å². The zero-order valence-corrected chi connectivity index (χ0v) is 13.3. The molecule has 0 aromatic carbocycles. The molecule has 1 saturated carbocycles. The van der Waals surface area contributed by atoms with Crippen molar-refractivity contribution in [3.63, 3.8) is 0 Å². The van der Waals surface area contributed by atoms with Gasteiger partial charge in [0.05, 0.1) is 6.04 Å². The number of aromatic nitrogens is 2. The Morgan fingerprint density at radius 1 is 1.48 bits per heavy atom. The molecule has 2 heterocycles. The van der Waals surface area contributed by atoms with Crippen LogP contribution in [0.3, 0.4) is 0 Å². The summed E-state index contributed by atoms with van der Waals surface area (Å²) in [5.74, 6) is 0.603. The van der Waals surface area contributed by atoms with Gasteiger partial charge in [0, 0.05) is 29.9 Å². The Morgan fingerprint density at radius 3 is 2.95 bits per heavy atom. The van der Waals surface area contributed by atoms with E-state index >= 15 is 0 Å². The van der Waals surface area contributed by atoms with Gasteiger partial charge in [0.25, 0.3) is 10.0 Å². The van der Waals surface area contributed by atoms with Crippen molar-refractivity contribution in [1.82, 2.24) is 20.0 Å². The molecule has 3 N–H and O–H groups in total. The lowest BCUT2D eigenvalue weighted by Crippen LogP contribution is -2.26. The summed E-state index contributed by atoms with van der Waals surface area (Å²) >= 11 is 1.31. The number of hydrogen-bond acceptors (Lipinski definition) is 5. The average Bonchev–Trinajstić information content (AvgIpc) is 2.96. The van der Waals surface area contributed by atoms with Crippen molar-refractivity contribution in [1.29, 1.82) is 0 Å². The molecule has 6 nitrogen and oxygen atoms in total. The maximum absolute atomic E-state index is 12.3.